The van der Waals surface area contributed by atoms with E-state index < -0.39 is 0 Å². The van der Waals surface area contributed by atoms with Crippen molar-refractivity contribution < 1.29 is 9.13 Å². The van der Waals surface area contributed by atoms with E-state index in [1.54, 1.807) is 7.11 Å². The Morgan fingerprint density at radius 1 is 1.33 bits per heavy atom. The van der Waals surface area contributed by atoms with Gasteiger partial charge in [-0.05, 0) is 13.0 Å². The number of rotatable bonds is 3. The van der Waals surface area contributed by atoms with Crippen LogP contribution >= 0.6 is 12.4 Å². The summed E-state index contributed by atoms with van der Waals surface area (Å²) in [6, 6.07) is 5.03. The van der Waals surface area contributed by atoms with Crippen LogP contribution in [0.4, 0.5) is 4.39 Å². The average molecular weight is 275 g/mol. The maximum absolute atomic E-state index is 13.1. The van der Waals surface area contributed by atoms with Crippen LogP contribution in [0.3, 0.4) is 0 Å². The molecule has 3 nitrogen and oxygen atoms in total. The number of nitrogens with zero attached hydrogens (tertiary/aromatic N) is 1. The molecule has 1 N–H and O–H groups in total. The van der Waals surface area contributed by atoms with E-state index in [1.165, 1.54) is 12.1 Å². The molecule has 0 amide bonds. The van der Waals surface area contributed by atoms with Gasteiger partial charge in [0.1, 0.15) is 11.6 Å². The van der Waals surface area contributed by atoms with Gasteiger partial charge >= 0.3 is 0 Å². The minimum Gasteiger partial charge on any atom is -0.496 e. The van der Waals surface area contributed by atoms with E-state index in [9.17, 15) is 4.39 Å². The predicted molar refractivity (Wildman–Crippen MR) is 73.1 cm³/mol. The molecule has 0 aliphatic carbocycles. The molecule has 0 bridgehead atoms. The SMILES string of the molecule is COc1cc(F)ccc1[C@H](C)N1CCNCC1.Cl. The molecule has 1 aliphatic heterocycles. The van der Waals surface area contributed by atoms with E-state index in [4.69, 9.17) is 4.74 Å². The molecule has 2 rings (SSSR count). The topological polar surface area (TPSA) is 24.5 Å². The monoisotopic (exact) mass is 274 g/mol. The van der Waals surface area contributed by atoms with Crippen molar-refractivity contribution in [3.8, 4) is 5.75 Å². The molecule has 0 spiro atoms. The van der Waals surface area contributed by atoms with E-state index in [0.29, 0.717) is 5.75 Å². The zero-order valence-corrected chi connectivity index (χ0v) is 11.6. The number of piperazine rings is 1. The van der Waals surface area contributed by atoms with Gasteiger partial charge in [-0.1, -0.05) is 6.07 Å². The number of halogens is 2. The summed E-state index contributed by atoms with van der Waals surface area (Å²) >= 11 is 0. The summed E-state index contributed by atoms with van der Waals surface area (Å²) in [6.07, 6.45) is 0. The zero-order valence-electron chi connectivity index (χ0n) is 10.8. The third-order valence-corrected chi connectivity index (χ3v) is 3.34. The number of benzene rings is 1. The van der Waals surface area contributed by atoms with Gasteiger partial charge in [0.15, 0.2) is 0 Å². The molecule has 1 aliphatic rings. The second-order valence-corrected chi connectivity index (χ2v) is 4.35. The molecule has 18 heavy (non-hydrogen) atoms. The Balaban J connectivity index is 0.00000162. The van der Waals surface area contributed by atoms with Crippen LogP contribution < -0.4 is 10.1 Å². The second-order valence-electron chi connectivity index (χ2n) is 4.35. The van der Waals surface area contributed by atoms with Crippen molar-refractivity contribution in [3.05, 3.63) is 29.6 Å². The highest BCUT2D eigenvalue weighted by Gasteiger charge is 2.20. The number of nitrogens with one attached hydrogen (secondary N) is 1. The summed E-state index contributed by atoms with van der Waals surface area (Å²) in [5.41, 5.74) is 1.05. The van der Waals surface area contributed by atoms with E-state index in [1.807, 2.05) is 6.07 Å². The molecule has 1 aromatic carbocycles. The fraction of sp³-hybridized carbons (Fsp3) is 0.538. The number of methoxy groups -OCH3 is 1. The van der Waals surface area contributed by atoms with E-state index in [-0.39, 0.29) is 24.3 Å². The third-order valence-electron chi connectivity index (χ3n) is 3.34. The van der Waals surface area contributed by atoms with E-state index in [0.717, 1.165) is 31.7 Å². The largest absolute Gasteiger partial charge is 0.496 e. The van der Waals surface area contributed by atoms with Crippen LogP contribution in [-0.2, 0) is 0 Å². The lowest BCUT2D eigenvalue weighted by Gasteiger charge is -2.33. The summed E-state index contributed by atoms with van der Waals surface area (Å²) in [5, 5.41) is 3.33. The van der Waals surface area contributed by atoms with Crippen molar-refractivity contribution in [2.45, 2.75) is 13.0 Å². The summed E-state index contributed by atoms with van der Waals surface area (Å²) in [5.74, 6) is 0.383. The molecule has 1 fully saturated rings. The Kier molecular flexibility index (Phi) is 5.85. The fourth-order valence-corrected chi connectivity index (χ4v) is 2.30. The molecule has 102 valence electrons. The van der Waals surface area contributed by atoms with Crippen molar-refractivity contribution in [1.82, 2.24) is 10.2 Å². The summed E-state index contributed by atoms with van der Waals surface area (Å²) in [7, 11) is 1.59. The Hall–Kier alpha value is -0.840. The van der Waals surface area contributed by atoms with Gasteiger partial charge in [0.2, 0.25) is 0 Å². The Labute approximate surface area is 114 Å². The smallest absolute Gasteiger partial charge is 0.126 e. The van der Waals surface area contributed by atoms with Crippen LogP contribution in [0.2, 0.25) is 0 Å². The van der Waals surface area contributed by atoms with Crippen molar-refractivity contribution in [2.75, 3.05) is 33.3 Å². The van der Waals surface area contributed by atoms with Crippen molar-refractivity contribution in [2.24, 2.45) is 0 Å². The maximum Gasteiger partial charge on any atom is 0.126 e. The lowest BCUT2D eigenvalue weighted by molar-refractivity contribution is 0.182. The van der Waals surface area contributed by atoms with Crippen molar-refractivity contribution in [1.29, 1.82) is 0 Å². The predicted octanol–water partition coefficient (Wildman–Crippen LogP) is 2.22. The van der Waals surface area contributed by atoms with Gasteiger partial charge in [0.05, 0.1) is 7.11 Å². The van der Waals surface area contributed by atoms with Crippen LogP contribution in [0.5, 0.6) is 5.75 Å². The lowest BCUT2D eigenvalue weighted by atomic mass is 10.0. The molecule has 5 heteroatoms. The molecule has 1 aromatic rings. The first-order chi connectivity index (χ1) is 8.22. The number of ether oxygens (including phenoxy) is 1. The van der Waals surface area contributed by atoms with Crippen molar-refractivity contribution in [3.63, 3.8) is 0 Å². The zero-order chi connectivity index (χ0) is 12.3. The standard InChI is InChI=1S/C13H19FN2O.ClH/c1-10(16-7-5-15-6-8-16)12-4-3-11(14)9-13(12)17-2;/h3-4,9-10,15H,5-8H2,1-2H3;1H/t10-;/m0./s1. The third kappa shape index (κ3) is 3.34. The Morgan fingerprint density at radius 2 is 2.00 bits per heavy atom. The quantitative estimate of drug-likeness (QED) is 0.915. The van der Waals surface area contributed by atoms with Gasteiger partial charge in [-0.3, -0.25) is 4.90 Å². The highest BCUT2D eigenvalue weighted by atomic mass is 35.5. The van der Waals surface area contributed by atoms with Gasteiger partial charge in [-0.25, -0.2) is 4.39 Å². The summed E-state index contributed by atoms with van der Waals surface area (Å²) in [6.45, 7) is 6.19. The van der Waals surface area contributed by atoms with Crippen LogP contribution in [0.25, 0.3) is 0 Å². The molecule has 1 atom stereocenters. The molecule has 0 saturated carbocycles. The van der Waals surface area contributed by atoms with Gasteiger partial charge in [0, 0.05) is 43.9 Å². The molecule has 1 heterocycles. The van der Waals surface area contributed by atoms with E-state index >= 15 is 0 Å². The van der Waals surface area contributed by atoms with Crippen LogP contribution in [0.15, 0.2) is 18.2 Å². The number of hydrogen-bond acceptors (Lipinski definition) is 3. The van der Waals surface area contributed by atoms with Crippen LogP contribution in [-0.4, -0.2) is 38.2 Å². The molecular weight excluding hydrogens is 255 g/mol. The first-order valence-electron chi connectivity index (χ1n) is 6.00. The maximum atomic E-state index is 13.1. The average Bonchev–Trinajstić information content (AvgIpc) is 2.39. The fourth-order valence-electron chi connectivity index (χ4n) is 2.30. The van der Waals surface area contributed by atoms with Gasteiger partial charge in [-0.15, -0.1) is 12.4 Å². The molecule has 1 saturated heterocycles. The molecule has 0 unspecified atom stereocenters. The Bertz CT molecular complexity index is 383. The summed E-state index contributed by atoms with van der Waals surface area (Å²) in [4.78, 5) is 2.38. The minimum atomic E-state index is -0.252. The van der Waals surface area contributed by atoms with Crippen LogP contribution in [0, 0.1) is 5.82 Å². The first kappa shape index (κ1) is 15.2. The van der Waals surface area contributed by atoms with E-state index in [2.05, 4.69) is 17.1 Å². The molecule has 0 aromatic heterocycles. The van der Waals surface area contributed by atoms with Gasteiger partial charge < -0.3 is 10.1 Å². The highest BCUT2D eigenvalue weighted by Crippen LogP contribution is 2.29. The molecular formula is C13H20ClFN2O. The van der Waals surface area contributed by atoms with Crippen LogP contribution in [0.1, 0.15) is 18.5 Å². The second kappa shape index (κ2) is 6.92. The first-order valence-corrected chi connectivity index (χ1v) is 6.00. The van der Waals surface area contributed by atoms with Crippen molar-refractivity contribution >= 4 is 12.4 Å². The summed E-state index contributed by atoms with van der Waals surface area (Å²) < 4.78 is 18.4. The van der Waals surface area contributed by atoms with Gasteiger partial charge in [-0.2, -0.15) is 0 Å². The molecule has 0 radical (unpaired) electrons. The lowest BCUT2D eigenvalue weighted by Crippen LogP contribution is -2.44. The minimum absolute atomic E-state index is 0. The Morgan fingerprint density at radius 3 is 2.61 bits per heavy atom. The normalized spacial score (nSPS) is 17.9. The number of hydrogen-bond donors (Lipinski definition) is 1. The van der Waals surface area contributed by atoms with Gasteiger partial charge in [0.25, 0.3) is 0 Å². The highest BCUT2D eigenvalue weighted by molar-refractivity contribution is 5.85.